The van der Waals surface area contributed by atoms with Gasteiger partial charge in [0.2, 0.25) is 29.5 Å². The molecule has 14 heteroatoms. The SMILES string of the molecule is CC(C)CC(NC(=O)C(CC(N)=O)NC(=O)C(CCC(N)=O)NC(=O)C(N)Cc1ccc(O)cc1)C(=O)O. The molecular weight excluding hydrogens is 500 g/mol. The molecule has 1 rings (SSSR count). The van der Waals surface area contributed by atoms with Gasteiger partial charge in [-0.3, -0.25) is 24.0 Å². The Labute approximate surface area is 219 Å². The summed E-state index contributed by atoms with van der Waals surface area (Å²) >= 11 is 0. The highest BCUT2D eigenvalue weighted by atomic mass is 16.4. The number of carboxylic acids is 1. The lowest BCUT2D eigenvalue weighted by molar-refractivity contribution is -0.143. The number of carbonyl (C=O) groups excluding carboxylic acids is 5. The van der Waals surface area contributed by atoms with E-state index in [2.05, 4.69) is 16.0 Å². The maximum atomic E-state index is 13.0. The predicted octanol–water partition coefficient (Wildman–Crippen LogP) is -2.01. The predicted molar refractivity (Wildman–Crippen MR) is 135 cm³/mol. The lowest BCUT2D eigenvalue weighted by Gasteiger charge is -2.25. The Bertz CT molecular complexity index is 1010. The third kappa shape index (κ3) is 11.7. The molecule has 0 spiro atoms. The zero-order chi connectivity index (χ0) is 29.0. The van der Waals surface area contributed by atoms with E-state index in [4.69, 9.17) is 17.2 Å². The highest BCUT2D eigenvalue weighted by molar-refractivity contribution is 5.96. The minimum Gasteiger partial charge on any atom is -0.508 e. The van der Waals surface area contributed by atoms with Crippen LogP contribution in [0.25, 0.3) is 0 Å². The summed E-state index contributed by atoms with van der Waals surface area (Å²) in [6.45, 7) is 3.51. The molecule has 0 radical (unpaired) electrons. The van der Waals surface area contributed by atoms with Crippen LogP contribution in [-0.4, -0.2) is 69.9 Å². The van der Waals surface area contributed by atoms with Crippen LogP contribution in [0.1, 0.15) is 45.1 Å². The number of hydrogen-bond acceptors (Lipinski definition) is 8. The summed E-state index contributed by atoms with van der Waals surface area (Å²) in [7, 11) is 0. The molecule has 0 bridgehead atoms. The number of carbonyl (C=O) groups is 6. The summed E-state index contributed by atoms with van der Waals surface area (Å²) in [5.41, 5.74) is 17.0. The smallest absolute Gasteiger partial charge is 0.326 e. The molecule has 11 N–H and O–H groups in total. The minimum atomic E-state index is -1.55. The standard InChI is InChI=1S/C24H36N6O8/c1-12(2)9-18(24(37)38)30-23(36)17(11-20(27)33)29-22(35)16(7-8-19(26)32)28-21(34)15(25)10-13-3-5-14(31)6-4-13/h3-6,12,15-18,31H,7-11,25H2,1-2H3,(H2,26,32)(H2,27,33)(H,28,34)(H,29,35)(H,30,36)(H,37,38). The van der Waals surface area contributed by atoms with Crippen molar-refractivity contribution in [3.63, 3.8) is 0 Å². The van der Waals surface area contributed by atoms with E-state index in [0.717, 1.165) is 0 Å². The van der Waals surface area contributed by atoms with Crippen LogP contribution in [0.4, 0.5) is 0 Å². The second-order valence-corrected chi connectivity index (χ2v) is 9.30. The number of nitrogens with two attached hydrogens (primary N) is 3. The summed E-state index contributed by atoms with van der Waals surface area (Å²) in [6, 6.07) is 0.667. The Balaban J connectivity index is 3.01. The van der Waals surface area contributed by atoms with E-state index in [0.29, 0.717) is 5.56 Å². The van der Waals surface area contributed by atoms with Gasteiger partial charge in [0.05, 0.1) is 12.5 Å². The van der Waals surface area contributed by atoms with Crippen molar-refractivity contribution >= 4 is 35.5 Å². The second-order valence-electron chi connectivity index (χ2n) is 9.30. The number of hydrogen-bond donors (Lipinski definition) is 8. The van der Waals surface area contributed by atoms with Crippen LogP contribution in [0.2, 0.25) is 0 Å². The van der Waals surface area contributed by atoms with Crippen LogP contribution in [-0.2, 0) is 35.2 Å². The normalized spacial score (nSPS) is 14.0. The molecule has 0 saturated carbocycles. The first kappa shape index (κ1) is 31.8. The molecule has 0 heterocycles. The number of primary amides is 2. The Morgan fingerprint density at radius 2 is 1.34 bits per heavy atom. The molecule has 5 amide bonds. The molecule has 4 unspecified atom stereocenters. The average Bonchev–Trinajstić information content (AvgIpc) is 2.81. The summed E-state index contributed by atoms with van der Waals surface area (Å²) in [4.78, 5) is 72.8. The summed E-state index contributed by atoms with van der Waals surface area (Å²) in [5, 5.41) is 25.8. The Kier molecular flexibility index (Phi) is 12.7. The maximum absolute atomic E-state index is 13.0. The zero-order valence-corrected chi connectivity index (χ0v) is 21.3. The minimum absolute atomic E-state index is 0.0309. The van der Waals surface area contributed by atoms with E-state index < -0.39 is 66.1 Å². The second kappa shape index (κ2) is 15.1. The molecule has 1 aromatic rings. The molecule has 38 heavy (non-hydrogen) atoms. The highest BCUT2D eigenvalue weighted by Crippen LogP contribution is 2.11. The topological polar surface area (TPSA) is 257 Å². The molecule has 0 fully saturated rings. The Morgan fingerprint density at radius 3 is 1.84 bits per heavy atom. The molecule has 0 aliphatic heterocycles. The summed E-state index contributed by atoms with van der Waals surface area (Å²) in [5.74, 6) is -5.71. The van der Waals surface area contributed by atoms with Gasteiger partial charge in [-0.2, -0.15) is 0 Å². The number of carboxylic acid groups (broad SMARTS) is 1. The van der Waals surface area contributed by atoms with Crippen molar-refractivity contribution in [1.29, 1.82) is 0 Å². The van der Waals surface area contributed by atoms with Crippen molar-refractivity contribution in [3.8, 4) is 5.75 Å². The number of phenols is 1. The molecule has 4 atom stereocenters. The van der Waals surface area contributed by atoms with Gasteiger partial charge in [0.15, 0.2) is 0 Å². The fourth-order valence-corrected chi connectivity index (χ4v) is 3.46. The first-order valence-electron chi connectivity index (χ1n) is 11.9. The first-order valence-corrected chi connectivity index (χ1v) is 11.9. The Morgan fingerprint density at radius 1 is 0.816 bits per heavy atom. The van der Waals surface area contributed by atoms with Crippen molar-refractivity contribution in [2.75, 3.05) is 0 Å². The lowest BCUT2D eigenvalue weighted by atomic mass is 10.0. The fraction of sp³-hybridized carbons (Fsp3) is 0.500. The van der Waals surface area contributed by atoms with Crippen LogP contribution in [0.15, 0.2) is 24.3 Å². The number of aliphatic carboxylic acids is 1. The van der Waals surface area contributed by atoms with E-state index >= 15 is 0 Å². The van der Waals surface area contributed by atoms with Crippen molar-refractivity contribution in [2.45, 2.75) is 70.1 Å². The van der Waals surface area contributed by atoms with E-state index in [-0.39, 0.29) is 37.4 Å². The van der Waals surface area contributed by atoms with Gasteiger partial charge in [0.25, 0.3) is 0 Å². The maximum Gasteiger partial charge on any atom is 0.326 e. The van der Waals surface area contributed by atoms with Crippen LogP contribution < -0.4 is 33.2 Å². The fourth-order valence-electron chi connectivity index (χ4n) is 3.46. The number of aromatic hydroxyl groups is 1. The van der Waals surface area contributed by atoms with Crippen LogP contribution >= 0.6 is 0 Å². The third-order valence-electron chi connectivity index (χ3n) is 5.40. The number of rotatable bonds is 16. The van der Waals surface area contributed by atoms with E-state index in [1.54, 1.807) is 26.0 Å². The van der Waals surface area contributed by atoms with E-state index in [1.165, 1.54) is 12.1 Å². The van der Waals surface area contributed by atoms with Gasteiger partial charge in [-0.25, -0.2) is 4.79 Å². The average molecular weight is 537 g/mol. The van der Waals surface area contributed by atoms with Gasteiger partial charge in [0, 0.05) is 6.42 Å². The van der Waals surface area contributed by atoms with Crippen LogP contribution in [0.3, 0.4) is 0 Å². The first-order chi connectivity index (χ1) is 17.7. The molecule has 210 valence electrons. The summed E-state index contributed by atoms with van der Waals surface area (Å²) in [6.07, 6.45) is -1.03. The van der Waals surface area contributed by atoms with Gasteiger partial charge in [0.1, 0.15) is 23.9 Å². The number of phenolic OH excluding ortho intramolecular Hbond substituents is 1. The van der Waals surface area contributed by atoms with Crippen molar-refractivity contribution in [1.82, 2.24) is 16.0 Å². The summed E-state index contributed by atoms with van der Waals surface area (Å²) < 4.78 is 0. The molecule has 0 saturated heterocycles. The molecule has 0 aliphatic rings. The van der Waals surface area contributed by atoms with Gasteiger partial charge in [-0.05, 0) is 42.9 Å². The van der Waals surface area contributed by atoms with Crippen LogP contribution in [0, 0.1) is 5.92 Å². The monoisotopic (exact) mass is 536 g/mol. The third-order valence-corrected chi connectivity index (χ3v) is 5.40. The van der Waals surface area contributed by atoms with Crippen molar-refractivity contribution in [2.24, 2.45) is 23.1 Å². The molecular formula is C24H36N6O8. The van der Waals surface area contributed by atoms with Gasteiger partial charge < -0.3 is 43.4 Å². The highest BCUT2D eigenvalue weighted by Gasteiger charge is 2.31. The number of benzene rings is 1. The van der Waals surface area contributed by atoms with Crippen LogP contribution in [0.5, 0.6) is 5.75 Å². The van der Waals surface area contributed by atoms with Crippen molar-refractivity contribution < 1.29 is 39.0 Å². The quantitative estimate of drug-likeness (QED) is 0.116. The van der Waals surface area contributed by atoms with Crippen molar-refractivity contribution in [3.05, 3.63) is 29.8 Å². The van der Waals surface area contributed by atoms with Gasteiger partial charge in [-0.1, -0.05) is 26.0 Å². The number of amides is 5. The van der Waals surface area contributed by atoms with Gasteiger partial charge >= 0.3 is 5.97 Å². The zero-order valence-electron chi connectivity index (χ0n) is 21.3. The van der Waals surface area contributed by atoms with E-state index in [9.17, 15) is 39.0 Å². The van der Waals surface area contributed by atoms with E-state index in [1.807, 2.05) is 0 Å². The molecule has 1 aromatic carbocycles. The molecule has 0 aromatic heterocycles. The van der Waals surface area contributed by atoms with Gasteiger partial charge in [-0.15, -0.1) is 0 Å². The lowest BCUT2D eigenvalue weighted by Crippen LogP contribution is -2.58. The Hall–Kier alpha value is -4.20. The molecule has 14 nitrogen and oxygen atoms in total. The largest absolute Gasteiger partial charge is 0.508 e. The molecule has 0 aliphatic carbocycles. The number of nitrogens with one attached hydrogen (secondary N) is 3.